The van der Waals surface area contributed by atoms with Gasteiger partial charge in [0.1, 0.15) is 5.75 Å². The number of carbonyl (C=O) groups excluding carboxylic acids is 2. The zero-order chi connectivity index (χ0) is 18.2. The first kappa shape index (κ1) is 18.7. The lowest BCUT2D eigenvalue weighted by molar-refractivity contribution is -0.159. The monoisotopic (exact) mass is 346 g/mol. The van der Waals surface area contributed by atoms with E-state index in [2.05, 4.69) is 0 Å². The average Bonchev–Trinajstić information content (AvgIpc) is 2.64. The highest BCUT2D eigenvalue weighted by Gasteiger charge is 2.18. The fraction of sp³-hybridized carbons (Fsp3) is 0.368. The van der Waals surface area contributed by atoms with Gasteiger partial charge in [0, 0.05) is 13.0 Å². The molecule has 0 aliphatic carbocycles. The van der Waals surface area contributed by atoms with Gasteiger partial charge in [-0.3, -0.25) is 4.79 Å². The normalized spacial score (nSPS) is 11.8. The second kappa shape index (κ2) is 9.03. The predicted molar refractivity (Wildman–Crippen MR) is 92.5 cm³/mol. The molecule has 0 bridgehead atoms. The minimum atomic E-state index is -0.625. The largest absolute Gasteiger partial charge is 0.497 e. The van der Waals surface area contributed by atoms with Gasteiger partial charge in [-0.2, -0.15) is 0 Å². The van der Waals surface area contributed by atoms with Crippen molar-refractivity contribution >= 4 is 22.7 Å². The number of fused-ring (bicyclic) bond motifs is 1. The Morgan fingerprint density at radius 3 is 2.52 bits per heavy atom. The minimum absolute atomic E-state index is 0.0576. The minimum Gasteiger partial charge on any atom is -0.497 e. The molecule has 0 aromatic heterocycles. The summed E-state index contributed by atoms with van der Waals surface area (Å²) in [7, 11) is 1.61. The SMILES string of the molecule is COc1ccc2cc([C@H](C)C(=O)OCC(=O)OCCCO)ccc2c1. The summed E-state index contributed by atoms with van der Waals surface area (Å²) >= 11 is 0. The molecule has 1 atom stereocenters. The van der Waals surface area contributed by atoms with E-state index < -0.39 is 24.5 Å². The van der Waals surface area contributed by atoms with Crippen LogP contribution in [0.5, 0.6) is 5.75 Å². The van der Waals surface area contributed by atoms with E-state index >= 15 is 0 Å². The van der Waals surface area contributed by atoms with E-state index in [9.17, 15) is 9.59 Å². The van der Waals surface area contributed by atoms with Crippen LogP contribution in [-0.2, 0) is 19.1 Å². The average molecular weight is 346 g/mol. The number of esters is 2. The highest BCUT2D eigenvalue weighted by molar-refractivity contribution is 5.87. The number of rotatable bonds is 8. The zero-order valence-corrected chi connectivity index (χ0v) is 14.4. The van der Waals surface area contributed by atoms with Crippen LogP contribution in [0.4, 0.5) is 0 Å². The molecular weight excluding hydrogens is 324 g/mol. The quantitative estimate of drug-likeness (QED) is 0.584. The molecule has 2 aromatic rings. The van der Waals surface area contributed by atoms with E-state index in [1.807, 2.05) is 36.4 Å². The molecule has 0 radical (unpaired) electrons. The van der Waals surface area contributed by atoms with Crippen LogP contribution < -0.4 is 4.74 Å². The van der Waals surface area contributed by atoms with Crippen molar-refractivity contribution in [3.63, 3.8) is 0 Å². The molecule has 6 nitrogen and oxygen atoms in total. The Balaban J connectivity index is 1.97. The van der Waals surface area contributed by atoms with Crippen LogP contribution in [0.2, 0.25) is 0 Å². The Labute approximate surface area is 146 Å². The Hall–Kier alpha value is -2.60. The number of aliphatic hydroxyl groups excluding tert-OH is 1. The molecule has 134 valence electrons. The van der Waals surface area contributed by atoms with Crippen LogP contribution in [0.1, 0.15) is 24.8 Å². The molecule has 0 aliphatic rings. The molecule has 0 saturated heterocycles. The lowest BCUT2D eigenvalue weighted by Gasteiger charge is -2.13. The van der Waals surface area contributed by atoms with Crippen LogP contribution in [0.15, 0.2) is 36.4 Å². The van der Waals surface area contributed by atoms with E-state index in [1.165, 1.54) is 0 Å². The molecule has 0 aliphatic heterocycles. The van der Waals surface area contributed by atoms with Crippen LogP contribution >= 0.6 is 0 Å². The van der Waals surface area contributed by atoms with Crippen molar-refractivity contribution in [2.24, 2.45) is 0 Å². The van der Waals surface area contributed by atoms with Gasteiger partial charge in [0.2, 0.25) is 0 Å². The van der Waals surface area contributed by atoms with Crippen LogP contribution in [-0.4, -0.2) is 44.0 Å². The van der Waals surface area contributed by atoms with Crippen molar-refractivity contribution in [1.82, 2.24) is 0 Å². The fourth-order valence-electron chi connectivity index (χ4n) is 2.32. The summed E-state index contributed by atoms with van der Waals surface area (Å²) < 4.78 is 15.0. The Bertz CT molecular complexity index is 740. The molecule has 0 unspecified atom stereocenters. The number of ether oxygens (including phenoxy) is 3. The highest BCUT2D eigenvalue weighted by Crippen LogP contribution is 2.25. The molecular formula is C19H22O6. The highest BCUT2D eigenvalue weighted by atomic mass is 16.6. The van der Waals surface area contributed by atoms with Crippen LogP contribution in [0.3, 0.4) is 0 Å². The first-order valence-electron chi connectivity index (χ1n) is 8.06. The topological polar surface area (TPSA) is 82.1 Å². The molecule has 0 spiro atoms. The Morgan fingerprint density at radius 2 is 1.80 bits per heavy atom. The number of hydrogen-bond donors (Lipinski definition) is 1. The third-order valence-corrected chi connectivity index (χ3v) is 3.82. The summed E-state index contributed by atoms with van der Waals surface area (Å²) in [6.45, 7) is 1.35. The standard InChI is InChI=1S/C19H22O6/c1-13(19(22)25-12-18(21)24-9-3-8-20)14-4-5-16-11-17(23-2)7-6-15(16)10-14/h4-7,10-11,13,20H,3,8-9,12H2,1-2H3/t13-/m0/s1. The maximum absolute atomic E-state index is 12.1. The van der Waals surface area contributed by atoms with Gasteiger partial charge in [0.25, 0.3) is 0 Å². The maximum Gasteiger partial charge on any atom is 0.344 e. The molecule has 6 heteroatoms. The zero-order valence-electron chi connectivity index (χ0n) is 14.4. The van der Waals surface area contributed by atoms with Crippen molar-refractivity contribution in [3.8, 4) is 5.75 Å². The lowest BCUT2D eigenvalue weighted by Crippen LogP contribution is -2.20. The first-order valence-corrected chi connectivity index (χ1v) is 8.06. The van der Waals surface area contributed by atoms with Crippen molar-refractivity contribution in [2.45, 2.75) is 19.3 Å². The summed E-state index contributed by atoms with van der Waals surface area (Å²) in [5.74, 6) is -0.851. The van der Waals surface area contributed by atoms with Crippen molar-refractivity contribution in [2.75, 3.05) is 26.9 Å². The van der Waals surface area contributed by atoms with Crippen LogP contribution in [0.25, 0.3) is 10.8 Å². The van der Waals surface area contributed by atoms with Gasteiger partial charge < -0.3 is 19.3 Å². The summed E-state index contributed by atoms with van der Waals surface area (Å²) in [6.07, 6.45) is 0.359. The van der Waals surface area contributed by atoms with Gasteiger partial charge in [-0.1, -0.05) is 24.3 Å². The van der Waals surface area contributed by atoms with Gasteiger partial charge in [-0.15, -0.1) is 0 Å². The second-order valence-corrected chi connectivity index (χ2v) is 5.60. The third kappa shape index (κ3) is 5.19. The van der Waals surface area contributed by atoms with Crippen molar-refractivity contribution in [3.05, 3.63) is 42.0 Å². The van der Waals surface area contributed by atoms with Gasteiger partial charge in [-0.25, -0.2) is 4.79 Å². The molecule has 0 amide bonds. The lowest BCUT2D eigenvalue weighted by atomic mass is 9.98. The summed E-state index contributed by atoms with van der Waals surface area (Å²) in [5, 5.41) is 10.6. The van der Waals surface area contributed by atoms with Gasteiger partial charge in [0.05, 0.1) is 19.6 Å². The van der Waals surface area contributed by atoms with Crippen molar-refractivity contribution < 1.29 is 28.9 Å². The van der Waals surface area contributed by atoms with E-state index in [0.29, 0.717) is 6.42 Å². The Morgan fingerprint density at radius 1 is 1.08 bits per heavy atom. The first-order chi connectivity index (χ1) is 12.0. The number of aliphatic hydroxyl groups is 1. The fourth-order valence-corrected chi connectivity index (χ4v) is 2.32. The molecule has 0 saturated carbocycles. The Kier molecular flexibility index (Phi) is 6.77. The molecule has 2 aromatic carbocycles. The molecule has 25 heavy (non-hydrogen) atoms. The number of carbonyl (C=O) groups is 2. The number of benzene rings is 2. The summed E-state index contributed by atoms with van der Waals surface area (Å²) in [5.41, 5.74) is 0.802. The smallest absolute Gasteiger partial charge is 0.344 e. The molecule has 2 rings (SSSR count). The molecule has 1 N–H and O–H groups in total. The van der Waals surface area contributed by atoms with E-state index in [1.54, 1.807) is 14.0 Å². The third-order valence-electron chi connectivity index (χ3n) is 3.82. The van der Waals surface area contributed by atoms with Crippen LogP contribution in [0, 0.1) is 0 Å². The number of methoxy groups -OCH3 is 1. The van der Waals surface area contributed by atoms with Gasteiger partial charge in [-0.05, 0) is 35.4 Å². The molecule has 0 fully saturated rings. The van der Waals surface area contributed by atoms with E-state index in [0.717, 1.165) is 22.1 Å². The van der Waals surface area contributed by atoms with Gasteiger partial charge in [0.15, 0.2) is 6.61 Å². The van der Waals surface area contributed by atoms with Gasteiger partial charge >= 0.3 is 11.9 Å². The van der Waals surface area contributed by atoms with E-state index in [4.69, 9.17) is 19.3 Å². The summed E-state index contributed by atoms with van der Waals surface area (Å²) in [6, 6.07) is 11.4. The van der Waals surface area contributed by atoms with E-state index in [-0.39, 0.29) is 13.2 Å². The second-order valence-electron chi connectivity index (χ2n) is 5.60. The summed E-state index contributed by atoms with van der Waals surface area (Å²) in [4.78, 5) is 23.5. The predicted octanol–water partition coefficient (Wildman–Crippen LogP) is 2.42. The van der Waals surface area contributed by atoms with Crippen molar-refractivity contribution in [1.29, 1.82) is 0 Å². The number of hydrogen-bond acceptors (Lipinski definition) is 6. The molecule has 0 heterocycles. The maximum atomic E-state index is 12.1.